The molecule has 3 aromatic rings. The number of methoxy groups -OCH3 is 2. The van der Waals surface area contributed by atoms with Crippen LogP contribution < -0.4 is 15.2 Å². The minimum atomic E-state index is -0.798. The number of carbonyl (C=O) groups is 1. The summed E-state index contributed by atoms with van der Waals surface area (Å²) in [6, 6.07) is 12.6. The van der Waals surface area contributed by atoms with Gasteiger partial charge >= 0.3 is 5.97 Å². The number of nitro benzene ring substituents is 1. The van der Waals surface area contributed by atoms with E-state index >= 15 is 0 Å². The van der Waals surface area contributed by atoms with Gasteiger partial charge in [-0.3, -0.25) is 10.1 Å². The van der Waals surface area contributed by atoms with E-state index in [0.717, 1.165) is 7.11 Å². The zero-order valence-electron chi connectivity index (χ0n) is 16.0. The van der Waals surface area contributed by atoms with Crippen LogP contribution in [0, 0.1) is 21.4 Å². The number of ether oxygens (including phenoxy) is 3. The number of nitrogens with zero attached hydrogens (tertiary/aromatic N) is 3. The van der Waals surface area contributed by atoms with Crippen molar-refractivity contribution >= 4 is 17.3 Å². The van der Waals surface area contributed by atoms with Gasteiger partial charge in [0.2, 0.25) is 0 Å². The van der Waals surface area contributed by atoms with Gasteiger partial charge in [0.25, 0.3) is 5.69 Å². The third kappa shape index (κ3) is 3.72. The van der Waals surface area contributed by atoms with Crippen molar-refractivity contribution in [2.75, 3.05) is 20.0 Å². The van der Waals surface area contributed by atoms with E-state index in [-0.39, 0.29) is 34.1 Å². The van der Waals surface area contributed by atoms with Crippen LogP contribution in [0.1, 0.15) is 16.1 Å². The van der Waals surface area contributed by atoms with Gasteiger partial charge in [-0.05, 0) is 12.1 Å². The van der Waals surface area contributed by atoms with Crippen LogP contribution in [0.3, 0.4) is 0 Å². The van der Waals surface area contributed by atoms with Gasteiger partial charge in [-0.25, -0.2) is 4.79 Å². The monoisotopic (exact) mass is 408 g/mol. The summed E-state index contributed by atoms with van der Waals surface area (Å²) < 4.78 is 17.0. The van der Waals surface area contributed by atoms with Gasteiger partial charge in [-0.15, -0.1) is 0 Å². The van der Waals surface area contributed by atoms with Crippen molar-refractivity contribution in [3.8, 4) is 29.0 Å². The highest BCUT2D eigenvalue weighted by Crippen LogP contribution is 2.35. The Morgan fingerprint density at radius 2 is 1.90 bits per heavy atom. The Balaban J connectivity index is 2.19. The average Bonchev–Trinajstić information content (AvgIpc) is 3.09. The normalized spacial score (nSPS) is 10.2. The van der Waals surface area contributed by atoms with Crippen molar-refractivity contribution in [3.63, 3.8) is 0 Å². The molecule has 2 aromatic carbocycles. The molecule has 2 N–H and O–H groups in total. The first-order valence-corrected chi connectivity index (χ1v) is 8.49. The first-order chi connectivity index (χ1) is 14.4. The van der Waals surface area contributed by atoms with Gasteiger partial charge in [-0.2, -0.15) is 5.26 Å². The lowest BCUT2D eigenvalue weighted by Crippen LogP contribution is -2.11. The van der Waals surface area contributed by atoms with E-state index < -0.39 is 10.9 Å². The predicted molar refractivity (Wildman–Crippen MR) is 106 cm³/mol. The van der Waals surface area contributed by atoms with Crippen molar-refractivity contribution < 1.29 is 23.9 Å². The molecule has 0 spiro atoms. The second kappa shape index (κ2) is 8.24. The van der Waals surface area contributed by atoms with E-state index in [0.29, 0.717) is 11.5 Å². The molecule has 3 rings (SSSR count). The number of rotatable bonds is 6. The Kier molecular flexibility index (Phi) is 5.55. The van der Waals surface area contributed by atoms with Gasteiger partial charge in [0.05, 0.1) is 42.1 Å². The second-order valence-corrected chi connectivity index (χ2v) is 5.97. The summed E-state index contributed by atoms with van der Waals surface area (Å²) in [6.45, 7) is 0. The third-order valence-corrected chi connectivity index (χ3v) is 4.21. The highest BCUT2D eigenvalue weighted by atomic mass is 16.6. The Hall–Kier alpha value is -4.52. The zero-order chi connectivity index (χ0) is 21.8. The molecule has 0 aliphatic heterocycles. The number of aromatic nitrogens is 1. The van der Waals surface area contributed by atoms with Crippen molar-refractivity contribution in [2.24, 2.45) is 0 Å². The van der Waals surface area contributed by atoms with Crippen molar-refractivity contribution in [1.29, 1.82) is 5.26 Å². The van der Waals surface area contributed by atoms with E-state index in [1.807, 2.05) is 6.07 Å². The highest BCUT2D eigenvalue weighted by molar-refractivity contribution is 5.96. The molecule has 10 nitrogen and oxygen atoms in total. The molecular weight excluding hydrogens is 392 g/mol. The molecule has 30 heavy (non-hydrogen) atoms. The van der Waals surface area contributed by atoms with Crippen LogP contribution >= 0.6 is 0 Å². The summed E-state index contributed by atoms with van der Waals surface area (Å²) in [4.78, 5) is 23.1. The molecule has 0 saturated heterocycles. The number of nitriles is 1. The highest BCUT2D eigenvalue weighted by Gasteiger charge is 2.23. The number of anilines is 1. The van der Waals surface area contributed by atoms with Crippen LogP contribution in [0.4, 0.5) is 11.4 Å². The Morgan fingerprint density at radius 1 is 1.20 bits per heavy atom. The number of benzene rings is 2. The first-order valence-electron chi connectivity index (χ1n) is 8.49. The fourth-order valence-corrected chi connectivity index (χ4v) is 2.82. The van der Waals surface area contributed by atoms with Crippen LogP contribution in [0.5, 0.6) is 17.2 Å². The van der Waals surface area contributed by atoms with Crippen LogP contribution in [-0.4, -0.2) is 29.7 Å². The Bertz CT molecular complexity index is 1180. The van der Waals surface area contributed by atoms with Gasteiger partial charge in [0, 0.05) is 18.3 Å². The molecule has 152 valence electrons. The van der Waals surface area contributed by atoms with Gasteiger partial charge in [-0.1, -0.05) is 12.1 Å². The minimum Gasteiger partial charge on any atom is -0.493 e. The van der Waals surface area contributed by atoms with Gasteiger partial charge in [0.1, 0.15) is 11.8 Å². The second-order valence-electron chi connectivity index (χ2n) is 5.97. The van der Waals surface area contributed by atoms with Gasteiger partial charge < -0.3 is 24.5 Å². The first kappa shape index (κ1) is 20.2. The number of hydrogen-bond acceptors (Lipinski definition) is 8. The van der Waals surface area contributed by atoms with Crippen molar-refractivity contribution in [1.82, 2.24) is 4.57 Å². The number of non-ortho nitro benzene ring substituents is 1. The van der Waals surface area contributed by atoms with Crippen LogP contribution in [0.2, 0.25) is 0 Å². The molecule has 0 saturated carbocycles. The molecule has 10 heteroatoms. The number of nitrogens with two attached hydrogens (primary N) is 1. The topological polar surface area (TPSA) is 143 Å². The van der Waals surface area contributed by atoms with Crippen LogP contribution in [0.25, 0.3) is 5.69 Å². The fourth-order valence-electron chi connectivity index (χ4n) is 2.82. The summed E-state index contributed by atoms with van der Waals surface area (Å²) in [7, 11) is 2.63. The molecule has 0 radical (unpaired) electrons. The lowest BCUT2D eigenvalue weighted by Gasteiger charge is -2.13. The summed E-state index contributed by atoms with van der Waals surface area (Å²) in [5.41, 5.74) is 5.59. The molecule has 0 aliphatic carbocycles. The summed E-state index contributed by atoms with van der Waals surface area (Å²) in [5.74, 6) is 0.0835. The number of hydrogen-bond donors (Lipinski definition) is 1. The smallest absolute Gasteiger partial charge is 0.357 e. The molecule has 1 heterocycles. The number of carbonyl (C=O) groups excluding carboxylic acids is 1. The van der Waals surface area contributed by atoms with Crippen molar-refractivity contribution in [2.45, 2.75) is 0 Å². The molecule has 0 unspecified atom stereocenters. The number of para-hydroxylation sites is 2. The lowest BCUT2D eigenvalue weighted by molar-refractivity contribution is -0.384. The molecular formula is C20H16N4O6. The SMILES string of the molecule is COC(=O)c1c(N)c(C#N)cn1-c1cc(Oc2ccccc2OC)cc([N+](=O)[O-])c1. The van der Waals surface area contributed by atoms with Crippen molar-refractivity contribution in [3.05, 3.63) is 70.0 Å². The largest absolute Gasteiger partial charge is 0.493 e. The van der Waals surface area contributed by atoms with E-state index in [9.17, 15) is 20.2 Å². The fraction of sp³-hybridized carbons (Fsp3) is 0.100. The minimum absolute atomic E-state index is 0.0223. The van der Waals surface area contributed by atoms with E-state index in [4.69, 9.17) is 19.9 Å². The quantitative estimate of drug-likeness (QED) is 0.371. The van der Waals surface area contributed by atoms with E-state index in [1.54, 1.807) is 24.3 Å². The molecule has 0 bridgehead atoms. The third-order valence-electron chi connectivity index (χ3n) is 4.21. The zero-order valence-corrected chi connectivity index (χ0v) is 16.0. The standard InChI is InChI=1S/C20H16N4O6/c1-28-16-5-3-4-6-17(16)30-15-8-13(7-14(9-15)24(26)27)23-11-12(10-21)18(22)19(23)20(25)29-2/h3-9,11H,22H2,1-2H3. The Labute approximate surface area is 170 Å². The Morgan fingerprint density at radius 3 is 2.50 bits per heavy atom. The molecule has 0 amide bonds. The summed E-state index contributed by atoms with van der Waals surface area (Å²) >= 11 is 0. The average molecular weight is 408 g/mol. The lowest BCUT2D eigenvalue weighted by atomic mass is 10.2. The van der Waals surface area contributed by atoms with Crippen LogP contribution in [0.15, 0.2) is 48.7 Å². The number of esters is 1. The maximum Gasteiger partial charge on any atom is 0.357 e. The number of nitro groups is 1. The molecule has 0 fully saturated rings. The summed E-state index contributed by atoms with van der Waals surface area (Å²) in [6.07, 6.45) is 1.30. The van der Waals surface area contributed by atoms with Crippen LogP contribution in [-0.2, 0) is 4.74 Å². The maximum absolute atomic E-state index is 12.2. The maximum atomic E-state index is 12.2. The molecule has 0 atom stereocenters. The van der Waals surface area contributed by atoms with Gasteiger partial charge in [0.15, 0.2) is 17.2 Å². The van der Waals surface area contributed by atoms with E-state index in [1.165, 1.54) is 36.1 Å². The molecule has 1 aromatic heterocycles. The predicted octanol–water partition coefficient (Wildman–Crippen LogP) is 3.43. The summed E-state index contributed by atoms with van der Waals surface area (Å²) in [5, 5.41) is 20.7. The van der Waals surface area contributed by atoms with E-state index in [2.05, 4.69) is 0 Å². The molecule has 0 aliphatic rings. The number of nitrogen functional groups attached to an aromatic ring is 1.